The fourth-order valence-electron chi connectivity index (χ4n) is 1.85. The molecule has 0 fully saturated rings. The van der Waals surface area contributed by atoms with Crippen LogP contribution >= 0.6 is 0 Å². The third kappa shape index (κ3) is 5.16. The molecule has 4 heteroatoms. The highest BCUT2D eigenvalue weighted by atomic mass is 14.7. The van der Waals surface area contributed by atoms with Crippen molar-refractivity contribution in [2.75, 3.05) is 6.54 Å². The van der Waals surface area contributed by atoms with Crippen molar-refractivity contribution in [2.24, 2.45) is 16.5 Å². The van der Waals surface area contributed by atoms with Crippen LogP contribution in [0.1, 0.15) is 24.6 Å². The molecule has 1 heterocycles. The molecule has 1 rings (SSSR count). The molecule has 0 spiro atoms. The summed E-state index contributed by atoms with van der Waals surface area (Å²) < 4.78 is 0. The highest BCUT2D eigenvalue weighted by Crippen LogP contribution is 2.12. The van der Waals surface area contributed by atoms with Crippen LogP contribution in [0, 0.1) is 0 Å². The molecule has 0 saturated heterocycles. The van der Waals surface area contributed by atoms with Crippen molar-refractivity contribution >= 4 is 6.72 Å². The zero-order valence-electron chi connectivity index (χ0n) is 11.5. The number of aryl methyl sites for hydroxylation is 1. The van der Waals surface area contributed by atoms with E-state index in [-0.39, 0.29) is 0 Å². The molecule has 0 aromatic carbocycles. The number of rotatable bonds is 7. The smallest absolute Gasteiger partial charge is 0.0451 e. The minimum absolute atomic E-state index is 0.466. The molecule has 0 atom stereocenters. The average molecular weight is 258 g/mol. The Balaban J connectivity index is 2.68. The summed E-state index contributed by atoms with van der Waals surface area (Å²) in [5.74, 6) is 0. The van der Waals surface area contributed by atoms with Gasteiger partial charge in [0.25, 0.3) is 0 Å². The van der Waals surface area contributed by atoms with E-state index in [0.29, 0.717) is 13.1 Å². The van der Waals surface area contributed by atoms with Gasteiger partial charge in [0.05, 0.1) is 0 Å². The van der Waals surface area contributed by atoms with Gasteiger partial charge in [-0.3, -0.25) is 9.98 Å². The van der Waals surface area contributed by atoms with Gasteiger partial charge in [0.15, 0.2) is 0 Å². The van der Waals surface area contributed by atoms with E-state index in [1.54, 1.807) is 12.4 Å². The molecule has 1 aromatic heterocycles. The second-order valence-electron chi connectivity index (χ2n) is 4.39. The number of pyridine rings is 1. The van der Waals surface area contributed by atoms with E-state index in [0.717, 1.165) is 29.7 Å². The van der Waals surface area contributed by atoms with Gasteiger partial charge in [-0.15, -0.1) is 0 Å². The highest BCUT2D eigenvalue weighted by molar-refractivity contribution is 5.31. The number of allylic oxidation sites excluding steroid dienone is 1. The molecule has 4 nitrogen and oxygen atoms in total. The van der Waals surface area contributed by atoms with Crippen LogP contribution in [-0.2, 0) is 13.0 Å². The Morgan fingerprint density at radius 1 is 1.47 bits per heavy atom. The van der Waals surface area contributed by atoms with Crippen molar-refractivity contribution in [2.45, 2.75) is 26.3 Å². The molecule has 102 valence electrons. The van der Waals surface area contributed by atoms with Crippen molar-refractivity contribution in [3.63, 3.8) is 0 Å². The SMILES string of the molecule is C=N/C=C(\C=C(/C)CCc1ncccc1CN)CN. The summed E-state index contributed by atoms with van der Waals surface area (Å²) in [4.78, 5) is 8.12. The van der Waals surface area contributed by atoms with Crippen LogP contribution in [0.5, 0.6) is 0 Å². The van der Waals surface area contributed by atoms with Gasteiger partial charge in [-0.25, -0.2) is 0 Å². The van der Waals surface area contributed by atoms with Crippen molar-refractivity contribution in [3.8, 4) is 0 Å². The highest BCUT2D eigenvalue weighted by Gasteiger charge is 2.02. The summed E-state index contributed by atoms with van der Waals surface area (Å²) >= 11 is 0. The zero-order valence-corrected chi connectivity index (χ0v) is 11.5. The van der Waals surface area contributed by atoms with E-state index in [1.807, 2.05) is 12.1 Å². The zero-order chi connectivity index (χ0) is 14.1. The fourth-order valence-corrected chi connectivity index (χ4v) is 1.85. The Kier molecular flexibility index (Phi) is 6.71. The van der Waals surface area contributed by atoms with Gasteiger partial charge in [-0.05, 0) is 43.7 Å². The first kappa shape index (κ1) is 15.3. The first-order valence-electron chi connectivity index (χ1n) is 6.36. The van der Waals surface area contributed by atoms with E-state index in [2.05, 4.69) is 29.7 Å². The Morgan fingerprint density at radius 3 is 2.89 bits per heavy atom. The van der Waals surface area contributed by atoms with Gasteiger partial charge in [0.1, 0.15) is 0 Å². The molecule has 0 amide bonds. The number of hydrogen-bond donors (Lipinski definition) is 2. The summed E-state index contributed by atoms with van der Waals surface area (Å²) in [6, 6.07) is 3.94. The fraction of sp³-hybridized carbons (Fsp3) is 0.333. The summed E-state index contributed by atoms with van der Waals surface area (Å²) in [5.41, 5.74) is 15.7. The summed E-state index contributed by atoms with van der Waals surface area (Å²) in [7, 11) is 0. The van der Waals surface area contributed by atoms with Gasteiger partial charge in [0.2, 0.25) is 0 Å². The predicted octanol–water partition coefficient (Wildman–Crippen LogP) is 1.96. The predicted molar refractivity (Wildman–Crippen MR) is 80.9 cm³/mol. The maximum Gasteiger partial charge on any atom is 0.0451 e. The number of nitrogens with two attached hydrogens (primary N) is 2. The van der Waals surface area contributed by atoms with Crippen molar-refractivity contribution in [1.82, 2.24) is 4.98 Å². The summed E-state index contributed by atoms with van der Waals surface area (Å²) in [5, 5.41) is 0. The number of aromatic nitrogens is 1. The quantitative estimate of drug-likeness (QED) is 0.579. The first-order chi connectivity index (χ1) is 9.21. The number of nitrogens with zero attached hydrogens (tertiary/aromatic N) is 2. The van der Waals surface area contributed by atoms with E-state index >= 15 is 0 Å². The number of hydrogen-bond acceptors (Lipinski definition) is 4. The molecule has 0 saturated carbocycles. The van der Waals surface area contributed by atoms with Crippen molar-refractivity contribution < 1.29 is 0 Å². The van der Waals surface area contributed by atoms with Gasteiger partial charge in [-0.2, -0.15) is 0 Å². The molecule has 0 aliphatic rings. The van der Waals surface area contributed by atoms with Crippen LogP contribution in [0.25, 0.3) is 0 Å². The molecule has 4 N–H and O–H groups in total. The second kappa shape index (κ2) is 8.34. The minimum Gasteiger partial charge on any atom is -0.326 e. The Morgan fingerprint density at radius 2 is 2.26 bits per heavy atom. The lowest BCUT2D eigenvalue weighted by molar-refractivity contribution is 0.864. The molecule has 19 heavy (non-hydrogen) atoms. The lowest BCUT2D eigenvalue weighted by atomic mass is 10.0. The maximum absolute atomic E-state index is 5.70. The van der Waals surface area contributed by atoms with Crippen LogP contribution in [0.2, 0.25) is 0 Å². The maximum atomic E-state index is 5.70. The molecule has 0 aliphatic heterocycles. The van der Waals surface area contributed by atoms with E-state index < -0.39 is 0 Å². The van der Waals surface area contributed by atoms with Gasteiger partial charge in [0, 0.05) is 31.2 Å². The molecule has 0 aliphatic carbocycles. The van der Waals surface area contributed by atoms with E-state index in [9.17, 15) is 0 Å². The summed E-state index contributed by atoms with van der Waals surface area (Å²) in [6.07, 6.45) is 7.36. The van der Waals surface area contributed by atoms with Crippen LogP contribution < -0.4 is 11.5 Å². The van der Waals surface area contributed by atoms with Crippen molar-refractivity contribution in [1.29, 1.82) is 0 Å². The molecule has 0 radical (unpaired) electrons. The molecule has 0 bridgehead atoms. The van der Waals surface area contributed by atoms with Gasteiger partial charge < -0.3 is 11.5 Å². The monoisotopic (exact) mass is 258 g/mol. The normalized spacial score (nSPS) is 12.6. The minimum atomic E-state index is 0.466. The third-order valence-electron chi connectivity index (χ3n) is 2.89. The standard InChI is InChI=1S/C15H22N4/c1-12(8-13(9-16)11-18-2)5-6-15-14(10-17)4-3-7-19-15/h3-4,7-8,11H,2,5-6,9-10,16-17H2,1H3/b12-8+,13-11+. The molecular formula is C15H22N4. The van der Waals surface area contributed by atoms with Gasteiger partial charge in [-0.1, -0.05) is 17.7 Å². The van der Waals surface area contributed by atoms with Crippen LogP contribution in [0.15, 0.2) is 46.7 Å². The number of aliphatic imine (C=N–C) groups is 1. The van der Waals surface area contributed by atoms with Crippen LogP contribution in [-0.4, -0.2) is 18.2 Å². The molecular weight excluding hydrogens is 236 g/mol. The largest absolute Gasteiger partial charge is 0.326 e. The summed E-state index contributed by atoms with van der Waals surface area (Å²) in [6.45, 7) is 6.51. The van der Waals surface area contributed by atoms with E-state index in [1.165, 1.54) is 5.57 Å². The molecule has 1 aromatic rings. The average Bonchev–Trinajstić information content (AvgIpc) is 2.44. The van der Waals surface area contributed by atoms with E-state index in [4.69, 9.17) is 11.5 Å². The van der Waals surface area contributed by atoms with Gasteiger partial charge >= 0.3 is 0 Å². The van der Waals surface area contributed by atoms with Crippen LogP contribution in [0.3, 0.4) is 0 Å². The Labute approximate surface area is 114 Å². The lowest BCUT2D eigenvalue weighted by Crippen LogP contribution is -2.04. The third-order valence-corrected chi connectivity index (χ3v) is 2.89. The topological polar surface area (TPSA) is 77.3 Å². The molecule has 0 unspecified atom stereocenters. The van der Waals surface area contributed by atoms with Crippen LogP contribution in [0.4, 0.5) is 0 Å². The Bertz CT molecular complexity index is 475. The Hall–Kier alpha value is -1.78. The van der Waals surface area contributed by atoms with Crippen molar-refractivity contribution in [3.05, 3.63) is 53.0 Å². The lowest BCUT2D eigenvalue weighted by Gasteiger charge is -2.07. The first-order valence-corrected chi connectivity index (χ1v) is 6.36. The second-order valence-corrected chi connectivity index (χ2v) is 4.39.